The molecule has 1 aromatic heterocycles. The van der Waals surface area contributed by atoms with Crippen molar-refractivity contribution in [2.24, 2.45) is 0 Å². The first-order valence-corrected chi connectivity index (χ1v) is 10.1. The number of non-ortho nitro benzene ring substituents is 1. The van der Waals surface area contributed by atoms with Crippen LogP contribution < -0.4 is 5.32 Å². The highest BCUT2D eigenvalue weighted by molar-refractivity contribution is 7.17. The first-order valence-electron chi connectivity index (χ1n) is 9.28. The minimum Gasteiger partial charge on any atom is -0.459 e. The number of hydrogen-bond donors (Lipinski definition) is 1. The predicted molar refractivity (Wildman–Crippen MR) is 109 cm³/mol. The minimum absolute atomic E-state index is 0.269. The van der Waals surface area contributed by atoms with Gasteiger partial charge in [0.1, 0.15) is 10.6 Å². The van der Waals surface area contributed by atoms with Gasteiger partial charge in [-0.25, -0.2) is 4.79 Å². The summed E-state index contributed by atoms with van der Waals surface area (Å²) in [5.74, 6) is -1.38. The summed E-state index contributed by atoms with van der Waals surface area (Å²) in [5.41, 5.74) is -0.396. The zero-order valence-electron chi connectivity index (χ0n) is 16.3. The monoisotopic (exact) mass is 433 g/mol. The van der Waals surface area contributed by atoms with E-state index < -0.39 is 33.1 Å². The largest absolute Gasteiger partial charge is 0.459 e. The Kier molecular flexibility index (Phi) is 6.11. The van der Waals surface area contributed by atoms with Crippen molar-refractivity contribution in [1.29, 1.82) is 0 Å². The van der Waals surface area contributed by atoms with Crippen LogP contribution in [0.25, 0.3) is 0 Å². The third kappa shape index (κ3) is 4.30. The van der Waals surface area contributed by atoms with Gasteiger partial charge < -0.3 is 10.1 Å². The Hall–Kier alpha value is -3.34. The molecule has 0 unspecified atom stereocenters. The number of aryl methyl sites for hydroxylation is 1. The van der Waals surface area contributed by atoms with Gasteiger partial charge in [0, 0.05) is 10.9 Å². The molecule has 0 saturated carbocycles. The Labute approximate surface area is 175 Å². The summed E-state index contributed by atoms with van der Waals surface area (Å²) < 4.78 is 5.33. The molecule has 30 heavy (non-hydrogen) atoms. The Balaban J connectivity index is 1.99. The fourth-order valence-corrected chi connectivity index (χ4v) is 4.56. The predicted octanol–water partition coefficient (Wildman–Crippen LogP) is 4.26. The van der Waals surface area contributed by atoms with Crippen LogP contribution in [0.15, 0.2) is 18.2 Å². The molecule has 3 rings (SSSR count). The van der Waals surface area contributed by atoms with Gasteiger partial charge >= 0.3 is 5.97 Å². The zero-order chi connectivity index (χ0) is 22.0. The van der Waals surface area contributed by atoms with E-state index in [1.165, 1.54) is 11.3 Å². The van der Waals surface area contributed by atoms with Crippen LogP contribution in [0.4, 0.5) is 16.4 Å². The van der Waals surface area contributed by atoms with E-state index in [9.17, 15) is 29.8 Å². The molecule has 10 nitrogen and oxygen atoms in total. The number of nitrogens with zero attached hydrogens (tertiary/aromatic N) is 2. The van der Waals surface area contributed by atoms with Gasteiger partial charge in [0.25, 0.3) is 17.3 Å². The van der Waals surface area contributed by atoms with E-state index in [0.717, 1.165) is 47.9 Å². The summed E-state index contributed by atoms with van der Waals surface area (Å²) in [5, 5.41) is 25.1. The van der Waals surface area contributed by atoms with Gasteiger partial charge in [-0.1, -0.05) is 0 Å². The smallest absolute Gasteiger partial charge is 0.341 e. The van der Waals surface area contributed by atoms with Crippen molar-refractivity contribution in [1.82, 2.24) is 0 Å². The number of anilines is 1. The maximum atomic E-state index is 12.8. The lowest BCUT2D eigenvalue weighted by molar-refractivity contribution is -0.394. The van der Waals surface area contributed by atoms with E-state index in [2.05, 4.69) is 5.32 Å². The van der Waals surface area contributed by atoms with Crippen LogP contribution >= 0.6 is 11.3 Å². The first-order chi connectivity index (χ1) is 14.2. The quantitative estimate of drug-likeness (QED) is 0.407. The number of nitro groups is 2. The van der Waals surface area contributed by atoms with Crippen LogP contribution in [0.2, 0.25) is 0 Å². The maximum Gasteiger partial charge on any atom is 0.341 e. The fourth-order valence-electron chi connectivity index (χ4n) is 3.29. The van der Waals surface area contributed by atoms with E-state index >= 15 is 0 Å². The number of ether oxygens (including phenoxy) is 1. The van der Waals surface area contributed by atoms with Crippen molar-refractivity contribution >= 4 is 39.6 Å². The van der Waals surface area contributed by atoms with Gasteiger partial charge in [0.05, 0.1) is 27.6 Å². The van der Waals surface area contributed by atoms with Crippen molar-refractivity contribution in [3.05, 3.63) is 60.0 Å². The van der Waals surface area contributed by atoms with Gasteiger partial charge in [-0.3, -0.25) is 25.0 Å². The molecule has 0 bridgehead atoms. The van der Waals surface area contributed by atoms with Crippen molar-refractivity contribution in [3.63, 3.8) is 0 Å². The average Bonchev–Trinajstić information content (AvgIpc) is 3.04. The van der Waals surface area contributed by atoms with Gasteiger partial charge in [-0.05, 0) is 51.2 Å². The number of hydrogen-bond acceptors (Lipinski definition) is 8. The topological polar surface area (TPSA) is 142 Å². The number of nitro benzene ring substituents is 2. The standard InChI is InChI=1S/C19H19N3O7S/c1-10(2)29-19(24)16-13-5-3-4-6-15(13)30-18(16)20-17(23)12-8-7-11(21(25)26)9-14(12)22(27)28/h7-10H,3-6H2,1-2H3,(H,20,23). The second-order valence-electron chi connectivity index (χ2n) is 7.04. The minimum atomic E-state index is -0.852. The van der Waals surface area contributed by atoms with Crippen molar-refractivity contribution < 1.29 is 24.2 Å². The molecule has 0 aliphatic heterocycles. The van der Waals surface area contributed by atoms with Gasteiger partial charge in [-0.15, -0.1) is 11.3 Å². The Bertz CT molecular complexity index is 1040. The summed E-state index contributed by atoms with van der Waals surface area (Å²) >= 11 is 1.25. The third-order valence-electron chi connectivity index (χ3n) is 4.58. The van der Waals surface area contributed by atoms with Crippen molar-refractivity contribution in [3.8, 4) is 0 Å². The molecule has 1 aromatic carbocycles. The van der Waals surface area contributed by atoms with Crippen LogP contribution in [0.3, 0.4) is 0 Å². The molecular weight excluding hydrogens is 414 g/mol. The van der Waals surface area contributed by atoms with Crippen molar-refractivity contribution in [2.75, 3.05) is 5.32 Å². The molecule has 0 saturated heterocycles. The number of esters is 1. The molecule has 1 heterocycles. The summed E-state index contributed by atoms with van der Waals surface area (Å²) in [6.07, 6.45) is 2.98. The van der Waals surface area contributed by atoms with Gasteiger partial charge in [0.2, 0.25) is 0 Å². The molecule has 0 fully saturated rings. The van der Waals surface area contributed by atoms with E-state index in [4.69, 9.17) is 4.74 Å². The number of fused-ring (bicyclic) bond motifs is 1. The van der Waals surface area contributed by atoms with Gasteiger partial charge in [0.15, 0.2) is 0 Å². The molecule has 1 N–H and O–H groups in total. The average molecular weight is 433 g/mol. The fraction of sp³-hybridized carbons (Fsp3) is 0.368. The number of carbonyl (C=O) groups excluding carboxylic acids is 2. The summed E-state index contributed by atoms with van der Waals surface area (Å²) in [6.45, 7) is 3.43. The number of rotatable bonds is 6. The lowest BCUT2D eigenvalue weighted by Gasteiger charge is -2.14. The zero-order valence-corrected chi connectivity index (χ0v) is 17.1. The van der Waals surface area contributed by atoms with E-state index in [-0.39, 0.29) is 22.2 Å². The maximum absolute atomic E-state index is 12.8. The number of benzene rings is 1. The molecule has 0 radical (unpaired) electrons. The summed E-state index contributed by atoms with van der Waals surface area (Å²) in [4.78, 5) is 47.1. The molecule has 2 aromatic rings. The van der Waals surface area contributed by atoms with E-state index in [0.29, 0.717) is 6.42 Å². The Morgan fingerprint density at radius 1 is 1.13 bits per heavy atom. The lowest BCUT2D eigenvalue weighted by Crippen LogP contribution is -2.18. The van der Waals surface area contributed by atoms with Crippen LogP contribution in [-0.4, -0.2) is 27.8 Å². The highest BCUT2D eigenvalue weighted by Crippen LogP contribution is 2.39. The molecule has 0 spiro atoms. The van der Waals surface area contributed by atoms with E-state index in [1.54, 1.807) is 13.8 Å². The van der Waals surface area contributed by atoms with Crippen LogP contribution in [-0.2, 0) is 17.6 Å². The normalized spacial score (nSPS) is 12.9. The molecular formula is C19H19N3O7S. The lowest BCUT2D eigenvalue weighted by atomic mass is 9.95. The van der Waals surface area contributed by atoms with Crippen molar-refractivity contribution in [2.45, 2.75) is 45.6 Å². The number of nitrogens with one attached hydrogen (secondary N) is 1. The molecule has 0 atom stereocenters. The number of amides is 1. The number of thiophene rings is 1. The SMILES string of the molecule is CC(C)OC(=O)c1c(NC(=O)c2ccc([N+](=O)[O-])cc2[N+](=O)[O-])sc2c1CCCC2. The number of carbonyl (C=O) groups is 2. The van der Waals surface area contributed by atoms with Crippen LogP contribution in [0, 0.1) is 20.2 Å². The van der Waals surface area contributed by atoms with Crippen LogP contribution in [0.5, 0.6) is 0 Å². The molecule has 158 valence electrons. The van der Waals surface area contributed by atoms with Crippen LogP contribution in [0.1, 0.15) is 57.8 Å². The molecule has 1 aliphatic carbocycles. The van der Waals surface area contributed by atoms with Gasteiger partial charge in [-0.2, -0.15) is 0 Å². The third-order valence-corrected chi connectivity index (χ3v) is 5.79. The van der Waals surface area contributed by atoms with E-state index in [1.807, 2.05) is 0 Å². The highest BCUT2D eigenvalue weighted by Gasteiger charge is 2.30. The molecule has 1 aliphatic rings. The first kappa shape index (κ1) is 21.4. The molecule has 1 amide bonds. The summed E-state index contributed by atoms with van der Waals surface area (Å²) in [7, 11) is 0. The second-order valence-corrected chi connectivity index (χ2v) is 8.14. The highest BCUT2D eigenvalue weighted by atomic mass is 32.1. The Morgan fingerprint density at radius 2 is 1.83 bits per heavy atom. The molecule has 11 heteroatoms. The second kappa shape index (κ2) is 8.57. The Morgan fingerprint density at radius 3 is 2.47 bits per heavy atom. The summed E-state index contributed by atoms with van der Waals surface area (Å²) in [6, 6.07) is 2.79.